The number of aliphatic carboxylic acids is 1. The van der Waals surface area contributed by atoms with Crippen molar-refractivity contribution in [3.8, 4) is 17.2 Å². The van der Waals surface area contributed by atoms with Crippen molar-refractivity contribution in [3.63, 3.8) is 0 Å². The van der Waals surface area contributed by atoms with Crippen LogP contribution in [0.15, 0.2) is 48.5 Å². The SMILES string of the molecule is CN(c1ccc(-c2ccccc2C#N)cc1)C1CCCC(C(=O)O)C1. The lowest BCUT2D eigenvalue weighted by Crippen LogP contribution is -2.38. The summed E-state index contributed by atoms with van der Waals surface area (Å²) in [6.07, 6.45) is 3.47. The lowest BCUT2D eigenvalue weighted by molar-refractivity contribution is -0.142. The van der Waals surface area contributed by atoms with Crippen LogP contribution in [0, 0.1) is 17.2 Å². The quantitative estimate of drug-likeness (QED) is 0.905. The molecule has 0 aromatic heterocycles. The molecular formula is C21H22N2O2. The Hall–Kier alpha value is -2.80. The fourth-order valence-electron chi connectivity index (χ4n) is 3.66. The van der Waals surface area contributed by atoms with E-state index in [4.69, 9.17) is 0 Å². The molecule has 0 amide bonds. The van der Waals surface area contributed by atoms with Gasteiger partial charge in [-0.2, -0.15) is 5.26 Å². The Morgan fingerprint density at radius 1 is 1.16 bits per heavy atom. The molecule has 128 valence electrons. The third-order valence-corrected chi connectivity index (χ3v) is 5.18. The summed E-state index contributed by atoms with van der Waals surface area (Å²) in [6, 6.07) is 18.2. The summed E-state index contributed by atoms with van der Waals surface area (Å²) >= 11 is 0. The van der Waals surface area contributed by atoms with Crippen LogP contribution in [-0.2, 0) is 4.79 Å². The summed E-state index contributed by atoms with van der Waals surface area (Å²) in [4.78, 5) is 13.5. The molecule has 2 atom stereocenters. The molecule has 1 aliphatic carbocycles. The van der Waals surface area contributed by atoms with Crippen molar-refractivity contribution >= 4 is 11.7 Å². The number of anilines is 1. The van der Waals surface area contributed by atoms with Crippen molar-refractivity contribution in [2.24, 2.45) is 5.92 Å². The van der Waals surface area contributed by atoms with Crippen molar-refractivity contribution in [1.82, 2.24) is 0 Å². The van der Waals surface area contributed by atoms with Gasteiger partial charge >= 0.3 is 5.97 Å². The van der Waals surface area contributed by atoms with Gasteiger partial charge in [-0.15, -0.1) is 0 Å². The predicted octanol–water partition coefficient (Wildman–Crippen LogP) is 4.30. The molecule has 0 heterocycles. The average Bonchev–Trinajstić information content (AvgIpc) is 2.67. The number of rotatable bonds is 4. The Morgan fingerprint density at radius 2 is 1.88 bits per heavy atom. The van der Waals surface area contributed by atoms with Gasteiger partial charge in [0, 0.05) is 18.8 Å². The lowest BCUT2D eigenvalue weighted by atomic mass is 9.85. The Morgan fingerprint density at radius 3 is 2.56 bits per heavy atom. The van der Waals surface area contributed by atoms with Gasteiger partial charge in [-0.05, 0) is 48.6 Å². The van der Waals surface area contributed by atoms with E-state index in [0.717, 1.165) is 36.1 Å². The maximum atomic E-state index is 11.3. The van der Waals surface area contributed by atoms with Crippen LogP contribution < -0.4 is 4.90 Å². The molecule has 25 heavy (non-hydrogen) atoms. The van der Waals surface area contributed by atoms with Crippen molar-refractivity contribution in [2.45, 2.75) is 31.7 Å². The van der Waals surface area contributed by atoms with Crippen molar-refractivity contribution in [2.75, 3.05) is 11.9 Å². The van der Waals surface area contributed by atoms with Crippen LogP contribution >= 0.6 is 0 Å². The highest BCUT2D eigenvalue weighted by Crippen LogP contribution is 2.31. The minimum atomic E-state index is -0.679. The van der Waals surface area contributed by atoms with E-state index in [1.807, 2.05) is 55.6 Å². The largest absolute Gasteiger partial charge is 0.481 e. The smallest absolute Gasteiger partial charge is 0.306 e. The number of benzene rings is 2. The topological polar surface area (TPSA) is 64.3 Å². The van der Waals surface area contributed by atoms with E-state index in [-0.39, 0.29) is 12.0 Å². The molecule has 0 saturated heterocycles. The van der Waals surface area contributed by atoms with Crippen LogP contribution in [0.25, 0.3) is 11.1 Å². The minimum absolute atomic E-state index is 0.233. The molecule has 2 aromatic carbocycles. The van der Waals surface area contributed by atoms with E-state index in [1.54, 1.807) is 0 Å². The van der Waals surface area contributed by atoms with Gasteiger partial charge in [-0.1, -0.05) is 36.8 Å². The van der Waals surface area contributed by atoms with Crippen LogP contribution in [0.2, 0.25) is 0 Å². The molecule has 1 saturated carbocycles. The third-order valence-electron chi connectivity index (χ3n) is 5.18. The maximum Gasteiger partial charge on any atom is 0.306 e. The van der Waals surface area contributed by atoms with E-state index < -0.39 is 5.97 Å². The number of carboxylic acid groups (broad SMARTS) is 1. The normalized spacial score (nSPS) is 19.8. The van der Waals surface area contributed by atoms with Crippen molar-refractivity contribution in [1.29, 1.82) is 5.26 Å². The van der Waals surface area contributed by atoms with Gasteiger partial charge in [0.1, 0.15) is 0 Å². The maximum absolute atomic E-state index is 11.3. The standard InChI is InChI=1S/C21H22N2O2/c1-23(19-7-4-6-16(13-19)21(24)25)18-11-9-15(10-12-18)20-8-3-2-5-17(20)14-22/h2-3,5,8-12,16,19H,4,6-7,13H2,1H3,(H,24,25). The number of carboxylic acids is 1. The van der Waals surface area contributed by atoms with Crippen LogP contribution in [0.4, 0.5) is 5.69 Å². The zero-order chi connectivity index (χ0) is 17.8. The Kier molecular flexibility index (Phi) is 5.04. The molecule has 1 N–H and O–H groups in total. The van der Waals surface area contributed by atoms with Gasteiger partial charge < -0.3 is 10.0 Å². The predicted molar refractivity (Wildman–Crippen MR) is 98.4 cm³/mol. The molecular weight excluding hydrogens is 312 g/mol. The van der Waals surface area contributed by atoms with E-state index >= 15 is 0 Å². The molecule has 1 aliphatic rings. The highest BCUT2D eigenvalue weighted by atomic mass is 16.4. The first-order valence-corrected chi connectivity index (χ1v) is 8.65. The van der Waals surface area contributed by atoms with E-state index in [1.165, 1.54) is 0 Å². The number of carbonyl (C=O) groups is 1. The second-order valence-corrected chi connectivity index (χ2v) is 6.67. The second kappa shape index (κ2) is 7.40. The van der Waals surface area contributed by atoms with Gasteiger partial charge in [-0.3, -0.25) is 4.79 Å². The summed E-state index contributed by atoms with van der Waals surface area (Å²) in [7, 11) is 2.03. The number of nitriles is 1. The van der Waals surface area contributed by atoms with Crippen LogP contribution in [0.5, 0.6) is 0 Å². The highest BCUT2D eigenvalue weighted by Gasteiger charge is 2.29. The third kappa shape index (κ3) is 3.66. The molecule has 0 bridgehead atoms. The number of nitrogens with zero attached hydrogens (tertiary/aromatic N) is 2. The Labute approximate surface area is 148 Å². The van der Waals surface area contributed by atoms with Crippen LogP contribution in [0.3, 0.4) is 0 Å². The molecule has 2 aromatic rings. The van der Waals surface area contributed by atoms with E-state index in [0.29, 0.717) is 12.0 Å². The summed E-state index contributed by atoms with van der Waals surface area (Å²) in [5.74, 6) is -0.912. The number of hydrogen-bond acceptors (Lipinski definition) is 3. The molecule has 0 spiro atoms. The summed E-state index contributed by atoms with van der Waals surface area (Å²) in [5, 5.41) is 18.5. The van der Waals surface area contributed by atoms with E-state index in [9.17, 15) is 15.2 Å². The monoisotopic (exact) mass is 334 g/mol. The summed E-state index contributed by atoms with van der Waals surface area (Å²) in [5.41, 5.74) is 3.69. The zero-order valence-corrected chi connectivity index (χ0v) is 14.4. The molecule has 2 unspecified atom stereocenters. The van der Waals surface area contributed by atoms with Gasteiger partial charge in [0.25, 0.3) is 0 Å². The summed E-state index contributed by atoms with van der Waals surface area (Å²) < 4.78 is 0. The van der Waals surface area contributed by atoms with Gasteiger partial charge in [-0.25, -0.2) is 0 Å². The second-order valence-electron chi connectivity index (χ2n) is 6.67. The fraction of sp³-hybridized carbons (Fsp3) is 0.333. The molecule has 4 nitrogen and oxygen atoms in total. The van der Waals surface area contributed by atoms with Crippen molar-refractivity contribution < 1.29 is 9.90 Å². The molecule has 1 fully saturated rings. The summed E-state index contributed by atoms with van der Waals surface area (Å²) in [6.45, 7) is 0. The molecule has 3 rings (SSSR count). The molecule has 4 heteroatoms. The molecule has 0 radical (unpaired) electrons. The van der Waals surface area contributed by atoms with Gasteiger partial charge in [0.2, 0.25) is 0 Å². The zero-order valence-electron chi connectivity index (χ0n) is 14.4. The van der Waals surface area contributed by atoms with Crippen LogP contribution in [-0.4, -0.2) is 24.2 Å². The lowest BCUT2D eigenvalue weighted by Gasteiger charge is -2.35. The minimum Gasteiger partial charge on any atom is -0.481 e. The first-order chi connectivity index (χ1) is 12.1. The Bertz CT molecular complexity index is 792. The first-order valence-electron chi connectivity index (χ1n) is 8.65. The highest BCUT2D eigenvalue weighted by molar-refractivity contribution is 5.72. The van der Waals surface area contributed by atoms with Crippen LogP contribution in [0.1, 0.15) is 31.2 Å². The van der Waals surface area contributed by atoms with Crippen molar-refractivity contribution in [3.05, 3.63) is 54.1 Å². The average molecular weight is 334 g/mol. The fourth-order valence-corrected chi connectivity index (χ4v) is 3.66. The Balaban J connectivity index is 1.78. The molecule has 0 aliphatic heterocycles. The number of hydrogen-bond donors (Lipinski definition) is 1. The first kappa shape index (κ1) is 17.0. The van der Waals surface area contributed by atoms with Gasteiger partial charge in [0.05, 0.1) is 17.6 Å². The van der Waals surface area contributed by atoms with Gasteiger partial charge in [0.15, 0.2) is 0 Å². The van der Waals surface area contributed by atoms with E-state index in [2.05, 4.69) is 11.0 Å².